The number of hydrogen-bond acceptors (Lipinski definition) is 3. The van der Waals surface area contributed by atoms with Gasteiger partial charge in [0.05, 0.1) is 4.91 Å². The second-order valence-electron chi connectivity index (χ2n) is 5.80. The first-order valence-corrected chi connectivity index (χ1v) is 9.30. The zero-order valence-electron chi connectivity index (χ0n) is 14.3. The summed E-state index contributed by atoms with van der Waals surface area (Å²) in [5.74, 6) is 0.0990. The Morgan fingerprint density at radius 1 is 1.17 bits per heavy atom. The number of amides is 1. The summed E-state index contributed by atoms with van der Waals surface area (Å²) in [5.41, 5.74) is 2.29. The first-order chi connectivity index (χ1) is 11.2. The number of carbonyl (C=O) groups excluding carboxylic acids is 1. The molecule has 1 aliphatic rings. The number of carbonyl (C=O) groups is 1. The van der Waals surface area contributed by atoms with Crippen molar-refractivity contribution in [2.45, 2.75) is 46.5 Å². The Labute approximate surface area is 143 Å². The van der Waals surface area contributed by atoms with Crippen molar-refractivity contribution in [2.24, 2.45) is 4.99 Å². The number of unbranched alkanes of at least 4 members (excludes halogenated alkanes) is 2. The third kappa shape index (κ3) is 4.71. The fourth-order valence-electron chi connectivity index (χ4n) is 2.36. The maximum atomic E-state index is 12.7. The van der Waals surface area contributed by atoms with Gasteiger partial charge in [-0.05, 0) is 48.7 Å². The first-order valence-electron chi connectivity index (χ1n) is 8.48. The van der Waals surface area contributed by atoms with Crippen molar-refractivity contribution in [3.8, 4) is 0 Å². The molecule has 3 nitrogen and oxygen atoms in total. The first kappa shape index (κ1) is 17.8. The lowest BCUT2D eigenvalue weighted by molar-refractivity contribution is -0.122. The summed E-state index contributed by atoms with van der Waals surface area (Å²) in [6.45, 7) is 7.93. The molecule has 0 N–H and O–H groups in total. The Kier molecular flexibility index (Phi) is 6.90. The number of thioether (sulfide) groups is 1. The molecule has 0 atom stereocenters. The molecule has 23 heavy (non-hydrogen) atoms. The van der Waals surface area contributed by atoms with E-state index in [1.807, 2.05) is 23.1 Å². The number of benzene rings is 1. The van der Waals surface area contributed by atoms with Gasteiger partial charge in [-0.15, -0.1) is 0 Å². The SMILES string of the molecule is CCCCN=C1S/C(=C\c2ccccc2C)C(=O)N1CCCC. The molecule has 0 saturated carbocycles. The summed E-state index contributed by atoms with van der Waals surface area (Å²) < 4.78 is 0. The predicted molar refractivity (Wildman–Crippen MR) is 101 cm³/mol. The van der Waals surface area contributed by atoms with Gasteiger partial charge in [0.1, 0.15) is 0 Å². The maximum Gasteiger partial charge on any atom is 0.266 e. The van der Waals surface area contributed by atoms with Crippen LogP contribution in [-0.2, 0) is 4.79 Å². The Morgan fingerprint density at radius 3 is 2.61 bits per heavy atom. The normalized spacial score (nSPS) is 18.4. The molecule has 0 aromatic heterocycles. The summed E-state index contributed by atoms with van der Waals surface area (Å²) in [4.78, 5) is 20.0. The number of rotatable bonds is 7. The van der Waals surface area contributed by atoms with Crippen LogP contribution < -0.4 is 0 Å². The van der Waals surface area contributed by atoms with E-state index in [1.165, 1.54) is 17.3 Å². The van der Waals surface area contributed by atoms with E-state index in [1.54, 1.807) is 0 Å². The largest absolute Gasteiger partial charge is 0.287 e. The summed E-state index contributed by atoms with van der Waals surface area (Å²) >= 11 is 1.52. The number of aryl methyl sites for hydroxylation is 1. The van der Waals surface area contributed by atoms with Crippen molar-refractivity contribution in [3.63, 3.8) is 0 Å². The standard InChI is InChI=1S/C19H26N2OS/c1-4-6-12-20-19-21(13-7-5-2)18(22)17(23-19)14-16-11-9-8-10-15(16)3/h8-11,14H,4-7,12-13H2,1-3H3/b17-14-,20-19?. The van der Waals surface area contributed by atoms with Crippen molar-refractivity contribution < 1.29 is 4.79 Å². The van der Waals surface area contributed by atoms with Crippen LogP contribution in [0.1, 0.15) is 50.7 Å². The highest BCUT2D eigenvalue weighted by Gasteiger charge is 2.32. The molecule has 0 bridgehead atoms. The van der Waals surface area contributed by atoms with Crippen molar-refractivity contribution in [1.82, 2.24) is 4.90 Å². The van der Waals surface area contributed by atoms with Crippen LogP contribution in [-0.4, -0.2) is 29.1 Å². The van der Waals surface area contributed by atoms with Crippen LogP contribution in [0.25, 0.3) is 6.08 Å². The Balaban J connectivity index is 2.23. The van der Waals surface area contributed by atoms with Gasteiger partial charge in [0.2, 0.25) is 0 Å². The van der Waals surface area contributed by atoms with Crippen LogP contribution in [0.15, 0.2) is 34.2 Å². The molecule has 1 fully saturated rings. The zero-order chi connectivity index (χ0) is 16.7. The maximum absolute atomic E-state index is 12.7. The third-order valence-electron chi connectivity index (χ3n) is 3.86. The number of amidine groups is 1. The summed E-state index contributed by atoms with van der Waals surface area (Å²) in [6, 6.07) is 8.15. The van der Waals surface area contributed by atoms with Gasteiger partial charge in [-0.2, -0.15) is 0 Å². The topological polar surface area (TPSA) is 32.7 Å². The van der Waals surface area contributed by atoms with Crippen molar-refractivity contribution in [2.75, 3.05) is 13.1 Å². The molecular formula is C19H26N2OS. The van der Waals surface area contributed by atoms with Crippen LogP contribution in [0.3, 0.4) is 0 Å². The third-order valence-corrected chi connectivity index (χ3v) is 4.90. The van der Waals surface area contributed by atoms with E-state index in [0.717, 1.165) is 54.4 Å². The average molecular weight is 330 g/mol. The van der Waals surface area contributed by atoms with Crippen molar-refractivity contribution >= 4 is 28.9 Å². The van der Waals surface area contributed by atoms with Gasteiger partial charge in [-0.25, -0.2) is 0 Å². The van der Waals surface area contributed by atoms with Gasteiger partial charge < -0.3 is 0 Å². The molecule has 0 spiro atoms. The number of hydrogen-bond donors (Lipinski definition) is 0. The highest BCUT2D eigenvalue weighted by molar-refractivity contribution is 8.18. The van der Waals surface area contributed by atoms with Gasteiger partial charge in [0.25, 0.3) is 5.91 Å². The molecule has 1 aromatic rings. The number of nitrogens with zero attached hydrogens (tertiary/aromatic N) is 2. The van der Waals surface area contributed by atoms with Gasteiger partial charge in [0.15, 0.2) is 5.17 Å². The predicted octanol–water partition coefficient (Wildman–Crippen LogP) is 4.87. The van der Waals surface area contributed by atoms with Gasteiger partial charge in [-0.3, -0.25) is 14.7 Å². The minimum absolute atomic E-state index is 0.0990. The summed E-state index contributed by atoms with van der Waals surface area (Å²) in [5, 5.41) is 0.872. The molecule has 0 radical (unpaired) electrons. The highest BCUT2D eigenvalue weighted by atomic mass is 32.2. The molecule has 124 valence electrons. The zero-order valence-corrected chi connectivity index (χ0v) is 15.2. The molecule has 4 heteroatoms. The molecule has 2 rings (SSSR count). The minimum Gasteiger partial charge on any atom is -0.287 e. The van der Waals surface area contributed by atoms with Gasteiger partial charge >= 0.3 is 0 Å². The lowest BCUT2D eigenvalue weighted by Gasteiger charge is -2.14. The summed E-state index contributed by atoms with van der Waals surface area (Å²) in [6.07, 6.45) is 6.28. The minimum atomic E-state index is 0.0990. The second-order valence-corrected chi connectivity index (χ2v) is 6.80. The molecule has 0 aliphatic carbocycles. The van der Waals surface area contributed by atoms with E-state index in [4.69, 9.17) is 0 Å². The Hall–Kier alpha value is -1.55. The Bertz CT molecular complexity index is 607. The van der Waals surface area contributed by atoms with Crippen LogP contribution >= 0.6 is 11.8 Å². The highest BCUT2D eigenvalue weighted by Crippen LogP contribution is 2.33. The van der Waals surface area contributed by atoms with E-state index in [0.29, 0.717) is 0 Å². The molecule has 1 aliphatic heterocycles. The molecule has 0 unspecified atom stereocenters. The lowest BCUT2D eigenvalue weighted by atomic mass is 10.1. The van der Waals surface area contributed by atoms with Crippen molar-refractivity contribution in [3.05, 3.63) is 40.3 Å². The van der Waals surface area contributed by atoms with Gasteiger partial charge in [0, 0.05) is 13.1 Å². The van der Waals surface area contributed by atoms with E-state index in [2.05, 4.69) is 37.9 Å². The van der Waals surface area contributed by atoms with Crippen LogP contribution in [0.4, 0.5) is 0 Å². The smallest absolute Gasteiger partial charge is 0.266 e. The fraction of sp³-hybridized carbons (Fsp3) is 0.474. The van der Waals surface area contributed by atoms with Crippen LogP contribution in [0, 0.1) is 6.92 Å². The average Bonchev–Trinajstić information content (AvgIpc) is 2.83. The quantitative estimate of drug-likeness (QED) is 0.528. The summed E-state index contributed by atoms with van der Waals surface area (Å²) in [7, 11) is 0. The molecular weight excluding hydrogens is 304 g/mol. The molecule has 1 amide bonds. The molecule has 1 saturated heterocycles. The Morgan fingerprint density at radius 2 is 1.91 bits per heavy atom. The monoisotopic (exact) mass is 330 g/mol. The molecule has 1 aromatic carbocycles. The lowest BCUT2D eigenvalue weighted by Crippen LogP contribution is -2.30. The van der Waals surface area contributed by atoms with E-state index < -0.39 is 0 Å². The van der Waals surface area contributed by atoms with Crippen LogP contribution in [0.5, 0.6) is 0 Å². The van der Waals surface area contributed by atoms with Crippen LogP contribution in [0.2, 0.25) is 0 Å². The number of aliphatic imine (C=N–C) groups is 1. The van der Waals surface area contributed by atoms with E-state index in [-0.39, 0.29) is 5.91 Å². The van der Waals surface area contributed by atoms with Crippen molar-refractivity contribution in [1.29, 1.82) is 0 Å². The van der Waals surface area contributed by atoms with Gasteiger partial charge in [-0.1, -0.05) is 51.0 Å². The van der Waals surface area contributed by atoms with E-state index >= 15 is 0 Å². The fourth-order valence-corrected chi connectivity index (χ4v) is 3.38. The van der Waals surface area contributed by atoms with E-state index in [9.17, 15) is 4.79 Å². The molecule has 1 heterocycles. The second kappa shape index (κ2) is 8.92.